The van der Waals surface area contributed by atoms with Crippen molar-refractivity contribution in [3.05, 3.63) is 29.8 Å². The lowest BCUT2D eigenvalue weighted by atomic mass is 10.2. The van der Waals surface area contributed by atoms with Gasteiger partial charge in [-0.15, -0.1) is 0 Å². The second kappa shape index (κ2) is 8.96. The van der Waals surface area contributed by atoms with Crippen LogP contribution in [-0.4, -0.2) is 35.7 Å². The number of rotatable bonds is 8. The average Bonchev–Trinajstić information content (AvgIpc) is 2.37. The molecule has 0 fully saturated rings. The molecule has 1 amide bonds. The maximum absolute atomic E-state index is 10.9. The minimum absolute atomic E-state index is 0.0612. The van der Waals surface area contributed by atoms with E-state index in [1.165, 1.54) is 6.92 Å². The molecule has 4 nitrogen and oxygen atoms in total. The largest absolute Gasteiger partial charge is 0.396 e. The SMILES string of the molecule is CSCC(CCO)NCc1ccc(NC(C)=O)cc1. The first kappa shape index (κ1) is 16.0. The third-order valence-electron chi connectivity index (χ3n) is 2.71. The summed E-state index contributed by atoms with van der Waals surface area (Å²) < 4.78 is 0. The molecular formula is C14H22N2O2S. The van der Waals surface area contributed by atoms with E-state index in [0.717, 1.165) is 30.0 Å². The molecule has 0 aromatic heterocycles. The summed E-state index contributed by atoms with van der Waals surface area (Å²) in [6.45, 7) is 2.47. The lowest BCUT2D eigenvalue weighted by molar-refractivity contribution is -0.114. The second-order valence-corrected chi connectivity index (χ2v) is 5.33. The van der Waals surface area contributed by atoms with Gasteiger partial charge in [-0.25, -0.2) is 0 Å². The summed E-state index contributed by atoms with van der Waals surface area (Å²) in [6.07, 6.45) is 2.83. The number of amides is 1. The van der Waals surface area contributed by atoms with E-state index in [0.29, 0.717) is 6.04 Å². The highest BCUT2D eigenvalue weighted by Gasteiger charge is 2.06. The number of carbonyl (C=O) groups excluding carboxylic acids is 1. The van der Waals surface area contributed by atoms with E-state index in [1.54, 1.807) is 11.8 Å². The third-order valence-corrected chi connectivity index (χ3v) is 3.45. The quantitative estimate of drug-likeness (QED) is 0.681. The number of aliphatic hydroxyl groups is 1. The summed E-state index contributed by atoms with van der Waals surface area (Å²) in [5.41, 5.74) is 1.98. The minimum Gasteiger partial charge on any atom is -0.396 e. The van der Waals surface area contributed by atoms with Crippen LogP contribution in [0, 0.1) is 0 Å². The highest BCUT2D eigenvalue weighted by Crippen LogP contribution is 2.10. The van der Waals surface area contributed by atoms with Crippen LogP contribution < -0.4 is 10.6 Å². The summed E-state index contributed by atoms with van der Waals surface area (Å²) in [5.74, 6) is 0.929. The second-order valence-electron chi connectivity index (χ2n) is 4.42. The van der Waals surface area contributed by atoms with Crippen molar-refractivity contribution in [1.29, 1.82) is 0 Å². The Morgan fingerprint density at radius 2 is 2.05 bits per heavy atom. The van der Waals surface area contributed by atoms with Crippen molar-refractivity contribution in [2.45, 2.75) is 25.9 Å². The average molecular weight is 282 g/mol. The van der Waals surface area contributed by atoms with E-state index in [1.807, 2.05) is 24.3 Å². The molecule has 0 bridgehead atoms. The molecule has 0 aliphatic rings. The number of hydrogen-bond donors (Lipinski definition) is 3. The predicted octanol–water partition coefficient (Wildman–Crippen LogP) is 1.85. The summed E-state index contributed by atoms with van der Waals surface area (Å²) >= 11 is 1.77. The zero-order valence-corrected chi connectivity index (χ0v) is 12.3. The molecule has 1 aromatic rings. The van der Waals surface area contributed by atoms with Crippen molar-refractivity contribution in [3.8, 4) is 0 Å². The lowest BCUT2D eigenvalue weighted by Crippen LogP contribution is -2.31. The predicted molar refractivity (Wildman–Crippen MR) is 81.5 cm³/mol. The molecule has 3 N–H and O–H groups in total. The van der Waals surface area contributed by atoms with Crippen LogP contribution in [0.3, 0.4) is 0 Å². The summed E-state index contributed by atoms with van der Waals surface area (Å²) in [5, 5.41) is 15.2. The Bertz CT molecular complexity index is 376. The molecule has 0 saturated heterocycles. The Hall–Kier alpha value is -1.04. The van der Waals surface area contributed by atoms with E-state index in [9.17, 15) is 4.79 Å². The van der Waals surface area contributed by atoms with Gasteiger partial charge in [0.2, 0.25) is 5.91 Å². The Morgan fingerprint density at radius 3 is 2.58 bits per heavy atom. The van der Waals surface area contributed by atoms with Crippen LogP contribution in [0.25, 0.3) is 0 Å². The highest BCUT2D eigenvalue weighted by molar-refractivity contribution is 7.98. The standard InChI is InChI=1S/C14H22N2O2S/c1-11(18)16-13-5-3-12(4-6-13)9-15-14(7-8-17)10-19-2/h3-6,14-15,17H,7-10H2,1-2H3,(H,16,18). The molecular weight excluding hydrogens is 260 g/mol. The first-order valence-corrected chi connectivity index (χ1v) is 7.74. The number of benzene rings is 1. The fourth-order valence-corrected chi connectivity index (χ4v) is 2.46. The molecule has 106 valence electrons. The molecule has 0 saturated carbocycles. The topological polar surface area (TPSA) is 61.4 Å². The van der Waals surface area contributed by atoms with E-state index in [4.69, 9.17) is 5.11 Å². The molecule has 5 heteroatoms. The highest BCUT2D eigenvalue weighted by atomic mass is 32.2. The van der Waals surface area contributed by atoms with Crippen molar-refractivity contribution in [1.82, 2.24) is 5.32 Å². The number of thioether (sulfide) groups is 1. The number of hydrogen-bond acceptors (Lipinski definition) is 4. The normalized spacial score (nSPS) is 12.2. The Balaban J connectivity index is 2.45. The minimum atomic E-state index is -0.0612. The van der Waals surface area contributed by atoms with Gasteiger partial charge in [-0.2, -0.15) is 11.8 Å². The summed E-state index contributed by atoms with van der Waals surface area (Å²) in [4.78, 5) is 10.9. The van der Waals surface area contributed by atoms with Crippen LogP contribution >= 0.6 is 11.8 Å². The van der Waals surface area contributed by atoms with Gasteiger partial charge in [0.15, 0.2) is 0 Å². The molecule has 19 heavy (non-hydrogen) atoms. The van der Waals surface area contributed by atoms with Crippen LogP contribution in [0.4, 0.5) is 5.69 Å². The summed E-state index contributed by atoms with van der Waals surface area (Å²) in [7, 11) is 0. The van der Waals surface area contributed by atoms with E-state index >= 15 is 0 Å². The Morgan fingerprint density at radius 1 is 1.37 bits per heavy atom. The number of aliphatic hydroxyl groups excluding tert-OH is 1. The van der Waals surface area contributed by atoms with Crippen molar-refractivity contribution in [2.75, 3.05) is 23.9 Å². The van der Waals surface area contributed by atoms with Gasteiger partial charge >= 0.3 is 0 Å². The van der Waals surface area contributed by atoms with Gasteiger partial charge in [0.25, 0.3) is 0 Å². The first-order chi connectivity index (χ1) is 9.15. The molecule has 0 spiro atoms. The number of anilines is 1. The Kier molecular flexibility index (Phi) is 7.55. The van der Waals surface area contributed by atoms with Crippen molar-refractivity contribution in [2.24, 2.45) is 0 Å². The number of carbonyl (C=O) groups is 1. The van der Waals surface area contributed by atoms with Gasteiger partial charge in [0.1, 0.15) is 0 Å². The fraction of sp³-hybridized carbons (Fsp3) is 0.500. The van der Waals surface area contributed by atoms with Crippen LogP contribution in [0.2, 0.25) is 0 Å². The van der Waals surface area contributed by atoms with Crippen LogP contribution in [-0.2, 0) is 11.3 Å². The first-order valence-electron chi connectivity index (χ1n) is 6.35. The monoisotopic (exact) mass is 282 g/mol. The molecule has 1 unspecified atom stereocenters. The van der Waals surface area contributed by atoms with Gasteiger partial charge in [-0.05, 0) is 30.4 Å². The molecule has 0 heterocycles. The fourth-order valence-electron chi connectivity index (χ4n) is 1.77. The van der Waals surface area contributed by atoms with Gasteiger partial charge in [-0.3, -0.25) is 4.79 Å². The van der Waals surface area contributed by atoms with E-state index in [2.05, 4.69) is 16.9 Å². The molecule has 1 rings (SSSR count). The van der Waals surface area contributed by atoms with Gasteiger partial charge < -0.3 is 15.7 Å². The summed E-state index contributed by atoms with van der Waals surface area (Å²) in [6, 6.07) is 8.11. The molecule has 0 aliphatic heterocycles. The molecule has 0 radical (unpaired) electrons. The maximum atomic E-state index is 10.9. The zero-order valence-electron chi connectivity index (χ0n) is 11.5. The lowest BCUT2D eigenvalue weighted by Gasteiger charge is -2.16. The van der Waals surface area contributed by atoms with Gasteiger partial charge in [0, 0.05) is 37.6 Å². The van der Waals surface area contributed by atoms with Crippen molar-refractivity contribution < 1.29 is 9.90 Å². The number of nitrogens with one attached hydrogen (secondary N) is 2. The van der Waals surface area contributed by atoms with Crippen LogP contribution in [0.1, 0.15) is 18.9 Å². The van der Waals surface area contributed by atoms with Crippen LogP contribution in [0.5, 0.6) is 0 Å². The van der Waals surface area contributed by atoms with E-state index in [-0.39, 0.29) is 12.5 Å². The smallest absolute Gasteiger partial charge is 0.221 e. The molecule has 1 atom stereocenters. The zero-order chi connectivity index (χ0) is 14.1. The molecule has 1 aromatic carbocycles. The third kappa shape index (κ3) is 6.61. The molecule has 0 aliphatic carbocycles. The van der Waals surface area contributed by atoms with Crippen molar-refractivity contribution >= 4 is 23.4 Å². The maximum Gasteiger partial charge on any atom is 0.221 e. The van der Waals surface area contributed by atoms with Crippen molar-refractivity contribution in [3.63, 3.8) is 0 Å². The Labute approximate surface area is 119 Å². The van der Waals surface area contributed by atoms with Gasteiger partial charge in [0.05, 0.1) is 0 Å². The van der Waals surface area contributed by atoms with E-state index < -0.39 is 0 Å². The van der Waals surface area contributed by atoms with Gasteiger partial charge in [-0.1, -0.05) is 12.1 Å². The van der Waals surface area contributed by atoms with Crippen LogP contribution in [0.15, 0.2) is 24.3 Å².